The molecule has 0 amide bonds. The van der Waals surface area contributed by atoms with Gasteiger partial charge in [-0.3, -0.25) is 0 Å². The van der Waals surface area contributed by atoms with Gasteiger partial charge in [0.15, 0.2) is 88.7 Å². The number of pyridine rings is 1. The normalized spacial score (nSPS) is 11.6. The van der Waals surface area contributed by atoms with Gasteiger partial charge in [0.25, 0.3) is 0 Å². The first-order chi connectivity index (χ1) is 29.5. The van der Waals surface area contributed by atoms with Crippen LogP contribution in [0.4, 0.5) is 87.8 Å². The van der Waals surface area contributed by atoms with Gasteiger partial charge in [0, 0.05) is 22.0 Å². The largest absolute Gasteiger partial charge is 0.207 e. The summed E-state index contributed by atoms with van der Waals surface area (Å²) >= 11 is 6.02. The molecule has 7 aromatic rings. The molecule has 0 aliphatic rings. The summed E-state index contributed by atoms with van der Waals surface area (Å²) in [5, 5.41) is 3.16. The third-order valence-electron chi connectivity index (χ3n) is 9.71. The maximum Gasteiger partial charge on any atom is 0.200 e. The van der Waals surface area contributed by atoms with Gasteiger partial charge in [-0.25, -0.2) is 92.4 Å². The highest BCUT2D eigenvalue weighted by molar-refractivity contribution is 7.20. The Morgan fingerprint density at radius 2 is 0.651 bits per heavy atom. The zero-order chi connectivity index (χ0) is 46.7. The molecule has 23 heteroatoms. The SMILES string of the molecule is Clc1ccc2cc[n+](Cc3ccccc3)cc2c1.Fc1c(F)c(F)c([B-](c2c(F)c(F)c(F)c(F)c2F)(c2c(F)c(F)c(F)c(F)c2F)c2c(F)c(F)c(F)c(F)c2F)c(F)c1F. The third-order valence-corrected chi connectivity index (χ3v) is 9.95. The number of benzene rings is 6. The van der Waals surface area contributed by atoms with Gasteiger partial charge in [0.2, 0.25) is 0 Å². The van der Waals surface area contributed by atoms with Crippen molar-refractivity contribution in [3.05, 3.63) is 194 Å². The molecule has 328 valence electrons. The van der Waals surface area contributed by atoms with Gasteiger partial charge < -0.3 is 0 Å². The van der Waals surface area contributed by atoms with E-state index in [1.54, 1.807) is 0 Å². The molecule has 0 aliphatic carbocycles. The van der Waals surface area contributed by atoms with Crippen molar-refractivity contribution in [3.8, 4) is 0 Å². The van der Waals surface area contributed by atoms with Crippen LogP contribution in [-0.4, -0.2) is 6.15 Å². The van der Waals surface area contributed by atoms with E-state index in [0.29, 0.717) is 0 Å². The lowest BCUT2D eigenvalue weighted by atomic mass is 9.12. The van der Waals surface area contributed by atoms with Crippen LogP contribution in [0.3, 0.4) is 0 Å². The summed E-state index contributed by atoms with van der Waals surface area (Å²) in [4.78, 5) is 0. The Labute approximate surface area is 342 Å². The van der Waals surface area contributed by atoms with Gasteiger partial charge in [-0.2, -0.15) is 0 Å². The fourth-order valence-electron chi connectivity index (χ4n) is 6.97. The van der Waals surface area contributed by atoms with Crippen LogP contribution in [-0.2, 0) is 6.54 Å². The first kappa shape index (κ1) is 46.2. The van der Waals surface area contributed by atoms with Crippen LogP contribution < -0.4 is 26.4 Å². The molecule has 0 fully saturated rings. The average Bonchev–Trinajstić information content (AvgIpc) is 3.26. The Kier molecular flexibility index (Phi) is 12.5. The minimum atomic E-state index is -7.22. The number of fused-ring (bicyclic) bond motifs is 1. The van der Waals surface area contributed by atoms with Gasteiger partial charge in [-0.1, -0.05) is 48.0 Å². The second kappa shape index (κ2) is 17.1. The smallest absolute Gasteiger partial charge is 0.200 e. The Balaban J connectivity index is 0.000000302. The van der Waals surface area contributed by atoms with E-state index in [-0.39, 0.29) is 0 Å². The number of halogens is 21. The molecule has 6 aromatic carbocycles. The van der Waals surface area contributed by atoms with Crippen molar-refractivity contribution >= 4 is 50.4 Å². The standard InChI is InChI=1S/C24BF20.C16H13ClN/c26-5-1(6(27)14(35)21(42)13(5)34)25(2-7(28)15(36)22(43)16(37)8(2)29,3-9(30)17(38)23(44)18(39)10(3)31)4-11(32)19(40)24(45)20(41)12(4)33;17-16-7-6-14-8-9-18(12-15(14)10-16)11-13-4-2-1-3-5-13/h;1-10,12H,11H2/q-1;+1. The highest BCUT2D eigenvalue weighted by Gasteiger charge is 2.52. The molecule has 1 heterocycles. The summed E-state index contributed by atoms with van der Waals surface area (Å²) in [7, 11) is 0. The van der Waals surface area contributed by atoms with E-state index in [0.717, 1.165) is 11.6 Å². The average molecular weight is 934 g/mol. The Bertz CT molecular complexity index is 2620. The molecule has 0 N–H and O–H groups in total. The molecule has 1 nitrogen and oxygen atoms in total. The molecular weight excluding hydrogens is 921 g/mol. The minimum Gasteiger partial charge on any atom is -0.207 e. The first-order valence-electron chi connectivity index (χ1n) is 16.9. The van der Waals surface area contributed by atoms with E-state index >= 15 is 35.1 Å². The fraction of sp³-hybridized carbons (Fsp3) is 0.0250. The van der Waals surface area contributed by atoms with Gasteiger partial charge in [-0.05, 0) is 17.5 Å². The molecule has 0 atom stereocenters. The monoisotopic (exact) mass is 933 g/mol. The fourth-order valence-corrected chi connectivity index (χ4v) is 7.15. The van der Waals surface area contributed by atoms with Gasteiger partial charge in [-0.15, -0.1) is 21.9 Å². The summed E-state index contributed by atoms with van der Waals surface area (Å²) < 4.78 is 296. The number of nitrogens with zero attached hydrogens (tertiary/aromatic N) is 1. The molecule has 63 heavy (non-hydrogen) atoms. The van der Waals surface area contributed by atoms with E-state index in [1.165, 1.54) is 16.3 Å². The molecule has 0 saturated carbocycles. The maximum absolute atomic E-state index is 15.4. The highest BCUT2D eigenvalue weighted by Crippen LogP contribution is 2.31. The van der Waals surface area contributed by atoms with Crippen LogP contribution in [0.25, 0.3) is 10.8 Å². The van der Waals surface area contributed by atoms with Gasteiger partial charge in [0.05, 0.1) is 0 Å². The molecule has 0 saturated heterocycles. The van der Waals surface area contributed by atoms with Crippen LogP contribution in [0.2, 0.25) is 5.02 Å². The van der Waals surface area contributed by atoms with Crippen LogP contribution in [0, 0.1) is 116 Å². The molecule has 0 radical (unpaired) electrons. The van der Waals surface area contributed by atoms with Crippen LogP contribution in [0.15, 0.2) is 67.0 Å². The van der Waals surface area contributed by atoms with Crippen LogP contribution in [0.1, 0.15) is 5.56 Å². The van der Waals surface area contributed by atoms with Crippen molar-refractivity contribution in [2.75, 3.05) is 0 Å². The zero-order valence-corrected chi connectivity index (χ0v) is 30.8. The molecule has 7 rings (SSSR count). The lowest BCUT2D eigenvalue weighted by Gasteiger charge is -2.44. The summed E-state index contributed by atoms with van der Waals surface area (Å²) in [6.45, 7) is 0.878. The third kappa shape index (κ3) is 7.36. The minimum absolute atomic E-state index is 0.778. The number of rotatable bonds is 6. The van der Waals surface area contributed by atoms with Gasteiger partial charge in [0.1, 0.15) is 52.7 Å². The second-order valence-electron chi connectivity index (χ2n) is 13.2. The van der Waals surface area contributed by atoms with Gasteiger partial charge >= 0.3 is 0 Å². The zero-order valence-electron chi connectivity index (χ0n) is 30.0. The van der Waals surface area contributed by atoms with Crippen molar-refractivity contribution in [3.63, 3.8) is 0 Å². The molecule has 0 spiro atoms. The number of aromatic nitrogens is 1. The first-order valence-corrected chi connectivity index (χ1v) is 17.2. The molecule has 1 aromatic heterocycles. The summed E-state index contributed by atoms with van der Waals surface area (Å²) in [5.41, 5.74) is -13.0. The Morgan fingerprint density at radius 1 is 0.349 bits per heavy atom. The second-order valence-corrected chi connectivity index (χ2v) is 13.6. The predicted molar refractivity (Wildman–Crippen MR) is 184 cm³/mol. The van der Waals surface area contributed by atoms with E-state index in [4.69, 9.17) is 11.6 Å². The Hall–Kier alpha value is -6.32. The van der Waals surface area contributed by atoms with Crippen molar-refractivity contribution < 1.29 is 92.4 Å². The lowest BCUT2D eigenvalue weighted by Crippen LogP contribution is -2.81. The van der Waals surface area contributed by atoms with Crippen LogP contribution >= 0.6 is 11.6 Å². The lowest BCUT2D eigenvalue weighted by molar-refractivity contribution is -0.687. The van der Waals surface area contributed by atoms with Crippen molar-refractivity contribution in [2.45, 2.75) is 6.54 Å². The number of hydrogen-bond acceptors (Lipinski definition) is 0. The van der Waals surface area contributed by atoms with Crippen molar-refractivity contribution in [1.29, 1.82) is 0 Å². The van der Waals surface area contributed by atoms with E-state index < -0.39 is 144 Å². The van der Waals surface area contributed by atoms with Crippen LogP contribution in [0.5, 0.6) is 0 Å². The van der Waals surface area contributed by atoms with E-state index in [2.05, 4.69) is 47.3 Å². The van der Waals surface area contributed by atoms with Crippen molar-refractivity contribution in [2.24, 2.45) is 0 Å². The number of hydrogen-bond donors (Lipinski definition) is 0. The van der Waals surface area contributed by atoms with E-state index in [9.17, 15) is 52.7 Å². The van der Waals surface area contributed by atoms with E-state index in [1.807, 2.05) is 24.3 Å². The quantitative estimate of drug-likeness (QED) is 0.0515. The molecule has 0 bridgehead atoms. The topological polar surface area (TPSA) is 3.88 Å². The predicted octanol–water partition coefficient (Wildman–Crippen LogP) is 9.67. The molecular formula is C40H13BClF20N. The van der Waals surface area contributed by atoms with Crippen molar-refractivity contribution in [1.82, 2.24) is 0 Å². The molecule has 0 aliphatic heterocycles. The summed E-state index contributed by atoms with van der Waals surface area (Å²) in [6, 6.07) is 18.5. The maximum atomic E-state index is 15.4. The highest BCUT2D eigenvalue weighted by atomic mass is 35.5. The molecule has 0 unspecified atom stereocenters. The summed E-state index contributed by atoms with van der Waals surface area (Å²) in [5.74, 6) is -71.4. The Morgan fingerprint density at radius 3 is 0.968 bits per heavy atom. The summed E-state index contributed by atoms with van der Waals surface area (Å²) in [6.07, 6.45) is -2.98.